The van der Waals surface area contributed by atoms with Gasteiger partial charge in [-0.2, -0.15) is 0 Å². The molecule has 2 rings (SSSR count). The van der Waals surface area contributed by atoms with Crippen LogP contribution in [0.25, 0.3) is 0 Å². The number of carbonyl (C=O) groups excluding carboxylic acids is 1. The predicted octanol–water partition coefficient (Wildman–Crippen LogP) is 4.99. The Morgan fingerprint density at radius 1 is 1.12 bits per heavy atom. The Morgan fingerprint density at radius 3 is 2.54 bits per heavy atom. The van der Waals surface area contributed by atoms with Crippen LogP contribution in [0.5, 0.6) is 0 Å². The monoisotopic (exact) mass is 384 g/mol. The third kappa shape index (κ3) is 7.14. The normalized spacial score (nSPS) is 10.1. The summed E-state index contributed by atoms with van der Waals surface area (Å²) in [5.74, 6) is 0.776. The molecular formula is C18H22Cl2N2OS. The zero-order valence-electron chi connectivity index (χ0n) is 13.5. The molecule has 0 heterocycles. The van der Waals surface area contributed by atoms with Crippen molar-refractivity contribution in [1.82, 2.24) is 5.32 Å². The molecule has 0 saturated heterocycles. The van der Waals surface area contributed by atoms with E-state index in [2.05, 4.69) is 17.6 Å². The average Bonchev–Trinajstić information content (AvgIpc) is 2.56. The van der Waals surface area contributed by atoms with Gasteiger partial charge in [-0.25, -0.2) is 0 Å². The first-order valence-electron chi connectivity index (χ1n) is 7.66. The maximum Gasteiger partial charge on any atom is 0.225 e. The van der Waals surface area contributed by atoms with E-state index in [0.717, 1.165) is 40.0 Å². The molecular weight excluding hydrogens is 363 g/mol. The van der Waals surface area contributed by atoms with Crippen molar-refractivity contribution in [2.24, 2.45) is 0 Å². The lowest BCUT2D eigenvalue weighted by molar-refractivity contribution is -0.115. The molecule has 0 saturated carbocycles. The van der Waals surface area contributed by atoms with Gasteiger partial charge in [0.2, 0.25) is 5.91 Å². The Hall–Kier alpha value is -1.20. The van der Waals surface area contributed by atoms with Crippen LogP contribution in [0.4, 0.5) is 5.69 Å². The Morgan fingerprint density at radius 2 is 1.83 bits per heavy atom. The summed E-state index contributed by atoms with van der Waals surface area (Å²) in [6.07, 6.45) is 0.475. The van der Waals surface area contributed by atoms with Crippen LogP contribution in [0.15, 0.2) is 53.4 Å². The predicted molar refractivity (Wildman–Crippen MR) is 106 cm³/mol. The molecule has 0 aromatic heterocycles. The molecule has 24 heavy (non-hydrogen) atoms. The number of rotatable bonds is 8. The number of amides is 1. The van der Waals surface area contributed by atoms with E-state index in [-0.39, 0.29) is 18.3 Å². The van der Waals surface area contributed by atoms with Gasteiger partial charge in [-0.1, -0.05) is 36.7 Å². The van der Waals surface area contributed by atoms with Crippen LogP contribution < -0.4 is 10.6 Å². The molecule has 6 heteroatoms. The maximum atomic E-state index is 12.1. The first kappa shape index (κ1) is 20.8. The van der Waals surface area contributed by atoms with Crippen molar-refractivity contribution in [2.45, 2.75) is 24.8 Å². The lowest BCUT2D eigenvalue weighted by Gasteiger charge is -2.11. The van der Waals surface area contributed by atoms with Crippen molar-refractivity contribution in [3.63, 3.8) is 0 Å². The van der Waals surface area contributed by atoms with Crippen LogP contribution >= 0.6 is 35.8 Å². The van der Waals surface area contributed by atoms with Gasteiger partial charge in [-0.15, -0.1) is 24.2 Å². The maximum absolute atomic E-state index is 12.1. The number of benzene rings is 2. The second-order valence-corrected chi connectivity index (χ2v) is 6.64. The first-order valence-corrected chi connectivity index (χ1v) is 9.02. The van der Waals surface area contributed by atoms with Crippen LogP contribution in [-0.2, 0) is 11.3 Å². The highest BCUT2D eigenvalue weighted by atomic mass is 35.5. The highest BCUT2D eigenvalue weighted by Gasteiger charge is 2.06. The van der Waals surface area contributed by atoms with E-state index in [9.17, 15) is 4.79 Å². The van der Waals surface area contributed by atoms with Gasteiger partial charge in [-0.05, 0) is 42.4 Å². The third-order valence-corrected chi connectivity index (χ3v) is 4.53. The van der Waals surface area contributed by atoms with Gasteiger partial charge < -0.3 is 10.6 Å². The number of thioether (sulfide) groups is 1. The Balaban J connectivity index is 0.00000288. The topological polar surface area (TPSA) is 41.1 Å². The van der Waals surface area contributed by atoms with Gasteiger partial charge in [0.25, 0.3) is 0 Å². The van der Waals surface area contributed by atoms with Crippen LogP contribution in [0, 0.1) is 0 Å². The molecule has 0 fully saturated rings. The number of hydrogen-bond acceptors (Lipinski definition) is 3. The van der Waals surface area contributed by atoms with E-state index >= 15 is 0 Å². The second kappa shape index (κ2) is 11.4. The Kier molecular flexibility index (Phi) is 9.88. The molecule has 0 aliphatic rings. The number of hydrogen-bond donors (Lipinski definition) is 2. The average molecular weight is 385 g/mol. The van der Waals surface area contributed by atoms with Gasteiger partial charge in [-0.3, -0.25) is 4.79 Å². The van der Waals surface area contributed by atoms with Crippen LogP contribution in [-0.4, -0.2) is 18.2 Å². The van der Waals surface area contributed by atoms with Gasteiger partial charge in [0.05, 0.1) is 0 Å². The molecule has 0 atom stereocenters. The summed E-state index contributed by atoms with van der Waals surface area (Å²) in [7, 11) is 0. The van der Waals surface area contributed by atoms with Crippen molar-refractivity contribution in [1.29, 1.82) is 0 Å². The molecule has 2 N–H and O–H groups in total. The molecule has 3 nitrogen and oxygen atoms in total. The number of carbonyl (C=O) groups is 1. The van der Waals surface area contributed by atoms with Crippen LogP contribution in [0.2, 0.25) is 5.02 Å². The van der Waals surface area contributed by atoms with E-state index in [1.165, 1.54) is 0 Å². The fourth-order valence-electron chi connectivity index (χ4n) is 2.06. The van der Waals surface area contributed by atoms with E-state index in [0.29, 0.717) is 6.42 Å². The standard InChI is InChI=1S/C18H21ClN2OS.ClH/c1-2-20-13-14-5-3-4-6-17(14)21-18(22)11-12-23-16-9-7-15(19)8-10-16;/h3-10,20H,2,11-13H2,1H3,(H,21,22);1H. The zero-order valence-corrected chi connectivity index (χ0v) is 15.9. The number of halogens is 2. The van der Waals surface area contributed by atoms with Gasteiger partial charge >= 0.3 is 0 Å². The van der Waals surface area contributed by atoms with E-state index < -0.39 is 0 Å². The van der Waals surface area contributed by atoms with E-state index in [1.54, 1.807) is 11.8 Å². The van der Waals surface area contributed by atoms with Gasteiger partial charge in [0.1, 0.15) is 0 Å². The molecule has 2 aromatic rings. The van der Waals surface area contributed by atoms with Crippen LogP contribution in [0.1, 0.15) is 18.9 Å². The molecule has 1 amide bonds. The highest BCUT2D eigenvalue weighted by Crippen LogP contribution is 2.21. The van der Waals surface area contributed by atoms with E-state index in [1.807, 2.05) is 48.5 Å². The number of nitrogens with one attached hydrogen (secondary N) is 2. The minimum absolute atomic E-state index is 0. The summed E-state index contributed by atoms with van der Waals surface area (Å²) in [5, 5.41) is 7.01. The Labute approximate surface area is 159 Å². The minimum Gasteiger partial charge on any atom is -0.326 e. The molecule has 2 aromatic carbocycles. The van der Waals surface area contributed by atoms with E-state index in [4.69, 9.17) is 11.6 Å². The molecule has 0 spiro atoms. The number of para-hydroxylation sites is 1. The summed E-state index contributed by atoms with van der Waals surface area (Å²) >= 11 is 7.51. The molecule has 130 valence electrons. The summed E-state index contributed by atoms with van der Waals surface area (Å²) in [6, 6.07) is 15.6. The zero-order chi connectivity index (χ0) is 16.5. The fraction of sp³-hybridized carbons (Fsp3) is 0.278. The minimum atomic E-state index is 0. The first-order chi connectivity index (χ1) is 11.2. The smallest absolute Gasteiger partial charge is 0.225 e. The Bertz CT molecular complexity index is 635. The quantitative estimate of drug-likeness (QED) is 0.629. The van der Waals surface area contributed by atoms with Crippen molar-refractivity contribution in [3.8, 4) is 0 Å². The van der Waals surface area contributed by atoms with Crippen molar-refractivity contribution >= 4 is 47.4 Å². The molecule has 0 radical (unpaired) electrons. The fourth-order valence-corrected chi connectivity index (χ4v) is 3.04. The van der Waals surface area contributed by atoms with Gasteiger partial charge in [0.15, 0.2) is 0 Å². The lowest BCUT2D eigenvalue weighted by atomic mass is 10.1. The highest BCUT2D eigenvalue weighted by molar-refractivity contribution is 7.99. The SMILES string of the molecule is CCNCc1ccccc1NC(=O)CCSc1ccc(Cl)cc1.Cl. The van der Waals surface area contributed by atoms with Crippen LogP contribution in [0.3, 0.4) is 0 Å². The third-order valence-electron chi connectivity index (χ3n) is 3.27. The summed E-state index contributed by atoms with van der Waals surface area (Å²) < 4.78 is 0. The summed E-state index contributed by atoms with van der Waals surface area (Å²) in [4.78, 5) is 13.2. The summed E-state index contributed by atoms with van der Waals surface area (Å²) in [5.41, 5.74) is 1.99. The lowest BCUT2D eigenvalue weighted by Crippen LogP contribution is -2.17. The summed E-state index contributed by atoms with van der Waals surface area (Å²) in [6.45, 7) is 3.72. The van der Waals surface area contributed by atoms with Crippen molar-refractivity contribution in [3.05, 3.63) is 59.1 Å². The number of anilines is 1. The van der Waals surface area contributed by atoms with Gasteiger partial charge in [0, 0.05) is 34.3 Å². The molecule has 0 aliphatic heterocycles. The second-order valence-electron chi connectivity index (χ2n) is 5.04. The van der Waals surface area contributed by atoms with Crippen molar-refractivity contribution in [2.75, 3.05) is 17.6 Å². The van der Waals surface area contributed by atoms with Crippen molar-refractivity contribution < 1.29 is 4.79 Å². The molecule has 0 aliphatic carbocycles. The molecule has 0 bridgehead atoms. The largest absolute Gasteiger partial charge is 0.326 e. The molecule has 0 unspecified atom stereocenters.